The molecule has 1 aliphatic rings. The van der Waals surface area contributed by atoms with Crippen molar-refractivity contribution in [2.75, 3.05) is 21.3 Å². The summed E-state index contributed by atoms with van der Waals surface area (Å²) in [5.74, 6) is -1.96. The van der Waals surface area contributed by atoms with Gasteiger partial charge >= 0.3 is 17.9 Å². The summed E-state index contributed by atoms with van der Waals surface area (Å²) in [6.07, 6.45) is 1.74. The van der Waals surface area contributed by atoms with Gasteiger partial charge < -0.3 is 14.2 Å². The van der Waals surface area contributed by atoms with Crippen LogP contribution in [0.4, 0.5) is 0 Å². The van der Waals surface area contributed by atoms with Crippen LogP contribution in [0.15, 0.2) is 22.5 Å². The van der Waals surface area contributed by atoms with Crippen LogP contribution in [0.3, 0.4) is 0 Å². The Morgan fingerprint density at radius 2 is 1.50 bits per heavy atom. The van der Waals surface area contributed by atoms with Crippen molar-refractivity contribution in [3.8, 4) is 0 Å². The summed E-state index contributed by atoms with van der Waals surface area (Å²) >= 11 is 1.84. The first-order valence-corrected chi connectivity index (χ1v) is 7.07. The molecule has 1 rings (SSSR count). The van der Waals surface area contributed by atoms with E-state index in [1.165, 1.54) is 27.4 Å². The average Bonchev–Trinajstić information content (AvgIpc) is 2.86. The molecule has 6 nitrogen and oxygen atoms in total. The van der Waals surface area contributed by atoms with Crippen LogP contribution < -0.4 is 0 Å². The van der Waals surface area contributed by atoms with E-state index < -0.39 is 22.0 Å². The fourth-order valence-electron chi connectivity index (χ4n) is 1.49. The minimum absolute atomic E-state index is 0.0385. The van der Waals surface area contributed by atoms with E-state index >= 15 is 0 Å². The number of rotatable bonds is 5. The van der Waals surface area contributed by atoms with Crippen molar-refractivity contribution in [1.29, 1.82) is 0 Å². The fourth-order valence-corrected chi connectivity index (χ4v) is 4.49. The zero-order valence-corrected chi connectivity index (χ0v) is 12.9. The van der Waals surface area contributed by atoms with Gasteiger partial charge in [0.15, 0.2) is 4.08 Å². The van der Waals surface area contributed by atoms with Crippen molar-refractivity contribution in [3.05, 3.63) is 22.5 Å². The van der Waals surface area contributed by atoms with Crippen molar-refractivity contribution in [1.82, 2.24) is 0 Å². The Kier molecular flexibility index (Phi) is 5.70. The lowest BCUT2D eigenvalue weighted by Crippen LogP contribution is -2.31. The molecule has 1 heterocycles. The molecule has 0 saturated heterocycles. The maximum absolute atomic E-state index is 12.0. The van der Waals surface area contributed by atoms with E-state index in [-0.39, 0.29) is 16.2 Å². The van der Waals surface area contributed by atoms with E-state index in [1.54, 1.807) is 0 Å². The SMILES string of the molecule is C=CCC1(C(=O)OC)SC(C(=O)OC)=C(C(=O)OC)S1. The largest absolute Gasteiger partial charge is 0.467 e. The van der Waals surface area contributed by atoms with Crippen molar-refractivity contribution >= 4 is 41.4 Å². The topological polar surface area (TPSA) is 78.9 Å². The van der Waals surface area contributed by atoms with Crippen LogP contribution in [0.1, 0.15) is 6.42 Å². The zero-order valence-electron chi connectivity index (χ0n) is 11.3. The van der Waals surface area contributed by atoms with Gasteiger partial charge in [-0.1, -0.05) is 29.6 Å². The second-order valence-corrected chi connectivity index (χ2v) is 6.46. The van der Waals surface area contributed by atoms with Crippen LogP contribution in [0, 0.1) is 0 Å². The first-order valence-electron chi connectivity index (χ1n) is 5.44. The predicted octanol–water partition coefficient (Wildman–Crippen LogP) is 1.47. The van der Waals surface area contributed by atoms with Crippen molar-refractivity contribution in [2.24, 2.45) is 0 Å². The first kappa shape index (κ1) is 16.6. The molecule has 20 heavy (non-hydrogen) atoms. The number of carbonyl (C=O) groups excluding carboxylic acids is 3. The van der Waals surface area contributed by atoms with Gasteiger partial charge in [-0.2, -0.15) is 0 Å². The highest BCUT2D eigenvalue weighted by atomic mass is 32.2. The van der Waals surface area contributed by atoms with Crippen LogP contribution in [0.5, 0.6) is 0 Å². The smallest absolute Gasteiger partial charge is 0.345 e. The number of ether oxygens (including phenoxy) is 3. The molecular formula is C12H14O6S2. The van der Waals surface area contributed by atoms with Gasteiger partial charge in [0, 0.05) is 6.42 Å². The average molecular weight is 318 g/mol. The minimum Gasteiger partial charge on any atom is -0.467 e. The third kappa shape index (κ3) is 3.01. The molecular weight excluding hydrogens is 304 g/mol. The molecule has 0 bridgehead atoms. The van der Waals surface area contributed by atoms with Crippen molar-refractivity contribution in [2.45, 2.75) is 10.5 Å². The van der Waals surface area contributed by atoms with E-state index in [9.17, 15) is 14.4 Å². The molecule has 0 amide bonds. The molecule has 0 radical (unpaired) electrons. The fraction of sp³-hybridized carbons (Fsp3) is 0.417. The lowest BCUT2D eigenvalue weighted by molar-refractivity contribution is -0.140. The summed E-state index contributed by atoms with van der Waals surface area (Å²) < 4.78 is 12.8. The van der Waals surface area contributed by atoms with Crippen LogP contribution in [0.2, 0.25) is 0 Å². The molecule has 0 N–H and O–H groups in total. The van der Waals surface area contributed by atoms with Crippen LogP contribution >= 0.6 is 23.5 Å². The second kappa shape index (κ2) is 6.85. The van der Waals surface area contributed by atoms with Gasteiger partial charge in [0.05, 0.1) is 21.3 Å². The molecule has 0 spiro atoms. The van der Waals surface area contributed by atoms with E-state index in [1.807, 2.05) is 0 Å². The Balaban J connectivity index is 3.23. The Labute approximate surface area is 124 Å². The summed E-state index contributed by atoms with van der Waals surface area (Å²) in [6, 6.07) is 0. The van der Waals surface area contributed by atoms with Gasteiger partial charge in [-0.25, -0.2) is 14.4 Å². The minimum atomic E-state index is -1.16. The summed E-state index contributed by atoms with van der Waals surface area (Å²) in [4.78, 5) is 35.6. The normalized spacial score (nSPS) is 16.6. The lowest BCUT2D eigenvalue weighted by atomic mass is 10.3. The number of thioether (sulfide) groups is 2. The monoisotopic (exact) mass is 318 g/mol. The van der Waals surface area contributed by atoms with Gasteiger partial charge in [0.25, 0.3) is 0 Å². The summed E-state index contributed by atoms with van der Waals surface area (Å²) in [6.45, 7) is 3.58. The Hall–Kier alpha value is -1.41. The molecule has 0 unspecified atom stereocenters. The summed E-state index contributed by atoms with van der Waals surface area (Å²) in [7, 11) is 3.63. The zero-order chi connectivity index (χ0) is 15.3. The third-order valence-corrected chi connectivity index (χ3v) is 5.50. The van der Waals surface area contributed by atoms with Crippen LogP contribution in [-0.4, -0.2) is 43.3 Å². The van der Waals surface area contributed by atoms with E-state index in [0.717, 1.165) is 23.5 Å². The molecule has 0 fully saturated rings. The van der Waals surface area contributed by atoms with Gasteiger partial charge in [-0.15, -0.1) is 6.58 Å². The number of hydrogen-bond donors (Lipinski definition) is 0. The number of carbonyl (C=O) groups is 3. The standard InChI is InChI=1S/C12H14O6S2/c1-5-6-12(11(15)18-4)19-7(9(13)16-2)8(20-12)10(14)17-3/h5H,1,6H2,2-4H3. The van der Waals surface area contributed by atoms with Gasteiger partial charge in [-0.3, -0.25) is 0 Å². The van der Waals surface area contributed by atoms with Gasteiger partial charge in [0.2, 0.25) is 0 Å². The number of esters is 3. The Bertz CT molecular complexity index is 454. The van der Waals surface area contributed by atoms with Crippen molar-refractivity contribution < 1.29 is 28.6 Å². The summed E-state index contributed by atoms with van der Waals surface area (Å²) in [5.41, 5.74) is 0. The molecule has 110 valence electrons. The molecule has 0 saturated carbocycles. The molecule has 0 aromatic carbocycles. The molecule has 0 aromatic heterocycles. The molecule has 0 aromatic rings. The number of allylic oxidation sites excluding steroid dienone is 1. The molecule has 0 atom stereocenters. The predicted molar refractivity (Wildman–Crippen MR) is 75.8 cm³/mol. The first-order chi connectivity index (χ1) is 9.45. The maximum Gasteiger partial charge on any atom is 0.345 e. The highest BCUT2D eigenvalue weighted by Gasteiger charge is 2.51. The quantitative estimate of drug-likeness (QED) is 0.428. The van der Waals surface area contributed by atoms with Gasteiger partial charge in [0.1, 0.15) is 9.81 Å². The van der Waals surface area contributed by atoms with Gasteiger partial charge in [-0.05, 0) is 0 Å². The Morgan fingerprint density at radius 1 is 1.05 bits per heavy atom. The molecule has 8 heteroatoms. The van der Waals surface area contributed by atoms with E-state index in [0.29, 0.717) is 0 Å². The Morgan fingerprint density at radius 3 is 1.80 bits per heavy atom. The lowest BCUT2D eigenvalue weighted by Gasteiger charge is -2.22. The van der Waals surface area contributed by atoms with E-state index in [2.05, 4.69) is 16.1 Å². The highest BCUT2D eigenvalue weighted by molar-refractivity contribution is 8.26. The maximum atomic E-state index is 12.0. The second-order valence-electron chi connectivity index (χ2n) is 3.58. The van der Waals surface area contributed by atoms with Crippen molar-refractivity contribution in [3.63, 3.8) is 0 Å². The number of hydrogen-bond acceptors (Lipinski definition) is 8. The summed E-state index contributed by atoms with van der Waals surface area (Å²) in [5, 5.41) is 0. The molecule has 0 aliphatic carbocycles. The highest BCUT2D eigenvalue weighted by Crippen LogP contribution is 2.57. The third-order valence-electron chi connectivity index (χ3n) is 2.39. The van der Waals surface area contributed by atoms with Crippen LogP contribution in [-0.2, 0) is 28.6 Å². The number of methoxy groups -OCH3 is 3. The van der Waals surface area contributed by atoms with E-state index in [4.69, 9.17) is 4.74 Å². The van der Waals surface area contributed by atoms with Crippen LogP contribution in [0.25, 0.3) is 0 Å². The molecule has 1 aliphatic heterocycles.